The van der Waals surface area contributed by atoms with E-state index in [1.807, 2.05) is 27.7 Å². The molecule has 0 bridgehead atoms. The third-order valence-electron chi connectivity index (χ3n) is 3.22. The SMILES string of the molecule is CCC(C)COC(=O)c1ccc(CNC(=O)OC(C)(C)C)cc1. The molecule has 0 spiro atoms. The number of rotatable bonds is 6. The fourth-order valence-corrected chi connectivity index (χ4v) is 1.67. The van der Waals surface area contributed by atoms with Gasteiger partial charge in [0, 0.05) is 6.54 Å². The lowest BCUT2D eigenvalue weighted by Crippen LogP contribution is -2.32. The molecule has 1 atom stereocenters. The Hall–Kier alpha value is -2.04. The molecule has 1 amide bonds. The standard InChI is InChI=1S/C18H27NO4/c1-6-13(2)12-22-16(20)15-9-7-14(8-10-15)11-19-17(21)23-18(3,4)5/h7-10,13H,6,11-12H2,1-5H3,(H,19,21). The van der Waals surface area contributed by atoms with E-state index in [0.29, 0.717) is 24.6 Å². The monoisotopic (exact) mass is 321 g/mol. The average Bonchev–Trinajstić information content (AvgIpc) is 2.49. The molecule has 0 fully saturated rings. The van der Waals surface area contributed by atoms with E-state index in [1.54, 1.807) is 24.3 Å². The van der Waals surface area contributed by atoms with Crippen molar-refractivity contribution in [2.45, 2.75) is 53.2 Å². The largest absolute Gasteiger partial charge is 0.462 e. The first-order valence-corrected chi connectivity index (χ1v) is 7.94. The molecule has 0 saturated heterocycles. The highest BCUT2D eigenvalue weighted by atomic mass is 16.6. The summed E-state index contributed by atoms with van der Waals surface area (Å²) in [5.74, 6) is 0.0354. The van der Waals surface area contributed by atoms with Gasteiger partial charge in [0.15, 0.2) is 0 Å². The molecule has 23 heavy (non-hydrogen) atoms. The molecule has 0 aromatic heterocycles. The summed E-state index contributed by atoms with van der Waals surface area (Å²) in [4.78, 5) is 23.5. The zero-order valence-electron chi connectivity index (χ0n) is 14.6. The summed E-state index contributed by atoms with van der Waals surface area (Å²) in [6, 6.07) is 6.98. The Morgan fingerprint density at radius 2 is 1.78 bits per heavy atom. The lowest BCUT2D eigenvalue weighted by atomic mass is 10.1. The Bertz CT molecular complexity index is 517. The molecule has 0 heterocycles. The van der Waals surface area contributed by atoms with Crippen LogP contribution in [0.5, 0.6) is 0 Å². The van der Waals surface area contributed by atoms with E-state index in [2.05, 4.69) is 12.2 Å². The second-order valence-corrected chi connectivity index (χ2v) is 6.66. The number of nitrogens with one attached hydrogen (secondary N) is 1. The van der Waals surface area contributed by atoms with E-state index in [9.17, 15) is 9.59 Å². The van der Waals surface area contributed by atoms with Gasteiger partial charge in [-0.05, 0) is 44.4 Å². The lowest BCUT2D eigenvalue weighted by molar-refractivity contribution is 0.0445. The van der Waals surface area contributed by atoms with Gasteiger partial charge in [0.05, 0.1) is 12.2 Å². The summed E-state index contributed by atoms with van der Waals surface area (Å²) in [6.07, 6.45) is 0.511. The van der Waals surface area contributed by atoms with Crippen LogP contribution in [-0.4, -0.2) is 24.3 Å². The van der Waals surface area contributed by atoms with Crippen LogP contribution in [-0.2, 0) is 16.0 Å². The summed E-state index contributed by atoms with van der Waals surface area (Å²) in [7, 11) is 0. The maximum Gasteiger partial charge on any atom is 0.407 e. The van der Waals surface area contributed by atoms with E-state index in [0.717, 1.165) is 12.0 Å². The summed E-state index contributed by atoms with van der Waals surface area (Å²) in [5.41, 5.74) is 0.872. The number of ether oxygens (including phenoxy) is 2. The number of esters is 1. The maximum absolute atomic E-state index is 11.9. The topological polar surface area (TPSA) is 64.6 Å². The Labute approximate surface area is 138 Å². The van der Waals surface area contributed by atoms with Crippen molar-refractivity contribution in [2.75, 3.05) is 6.61 Å². The van der Waals surface area contributed by atoms with Crippen molar-refractivity contribution in [3.63, 3.8) is 0 Å². The molecule has 1 aromatic carbocycles. The number of carbonyl (C=O) groups excluding carboxylic acids is 2. The molecule has 1 N–H and O–H groups in total. The molecule has 1 rings (SSSR count). The zero-order chi connectivity index (χ0) is 17.5. The number of hydrogen-bond acceptors (Lipinski definition) is 4. The van der Waals surface area contributed by atoms with Crippen molar-refractivity contribution in [1.82, 2.24) is 5.32 Å². The van der Waals surface area contributed by atoms with Crippen molar-refractivity contribution in [2.24, 2.45) is 5.92 Å². The highest BCUT2D eigenvalue weighted by Gasteiger charge is 2.15. The zero-order valence-corrected chi connectivity index (χ0v) is 14.6. The van der Waals surface area contributed by atoms with Gasteiger partial charge >= 0.3 is 12.1 Å². The van der Waals surface area contributed by atoms with Crippen LogP contribution < -0.4 is 5.32 Å². The molecule has 0 aliphatic carbocycles. The number of alkyl carbamates (subject to hydrolysis) is 1. The molecule has 0 saturated carbocycles. The van der Waals surface area contributed by atoms with Gasteiger partial charge < -0.3 is 14.8 Å². The van der Waals surface area contributed by atoms with Gasteiger partial charge in [0.25, 0.3) is 0 Å². The molecule has 5 nitrogen and oxygen atoms in total. The number of benzene rings is 1. The van der Waals surface area contributed by atoms with Gasteiger partial charge in [-0.2, -0.15) is 0 Å². The average molecular weight is 321 g/mol. The molecular formula is C18H27NO4. The smallest absolute Gasteiger partial charge is 0.407 e. The number of amides is 1. The predicted molar refractivity (Wildman–Crippen MR) is 89.3 cm³/mol. The van der Waals surface area contributed by atoms with Gasteiger partial charge in [0.1, 0.15) is 5.60 Å². The molecule has 0 aliphatic heterocycles. The maximum atomic E-state index is 11.9. The van der Waals surface area contributed by atoms with Gasteiger partial charge in [-0.3, -0.25) is 0 Å². The fourth-order valence-electron chi connectivity index (χ4n) is 1.67. The van der Waals surface area contributed by atoms with Crippen LogP contribution >= 0.6 is 0 Å². The Morgan fingerprint density at radius 3 is 2.30 bits per heavy atom. The van der Waals surface area contributed by atoms with E-state index in [4.69, 9.17) is 9.47 Å². The molecular weight excluding hydrogens is 294 g/mol. The van der Waals surface area contributed by atoms with Crippen LogP contribution in [0.3, 0.4) is 0 Å². The van der Waals surface area contributed by atoms with Crippen LogP contribution in [0.25, 0.3) is 0 Å². The summed E-state index contributed by atoms with van der Waals surface area (Å²) >= 11 is 0. The summed E-state index contributed by atoms with van der Waals surface area (Å²) in [6.45, 7) is 10.3. The van der Waals surface area contributed by atoms with E-state index >= 15 is 0 Å². The second-order valence-electron chi connectivity index (χ2n) is 6.66. The lowest BCUT2D eigenvalue weighted by Gasteiger charge is -2.19. The first kappa shape index (κ1) is 19.0. The summed E-state index contributed by atoms with van der Waals surface area (Å²) < 4.78 is 10.4. The van der Waals surface area contributed by atoms with Gasteiger partial charge in [-0.15, -0.1) is 0 Å². The van der Waals surface area contributed by atoms with Gasteiger partial charge in [-0.1, -0.05) is 32.4 Å². The normalized spacial score (nSPS) is 12.4. The molecule has 1 unspecified atom stereocenters. The first-order valence-electron chi connectivity index (χ1n) is 7.94. The Morgan fingerprint density at radius 1 is 1.17 bits per heavy atom. The third kappa shape index (κ3) is 7.68. The Kier molecular flexibility index (Phi) is 7.07. The van der Waals surface area contributed by atoms with E-state index in [-0.39, 0.29) is 5.97 Å². The second kappa shape index (κ2) is 8.56. The van der Waals surface area contributed by atoms with Crippen molar-refractivity contribution in [3.8, 4) is 0 Å². The van der Waals surface area contributed by atoms with Crippen LogP contribution in [0.15, 0.2) is 24.3 Å². The van der Waals surface area contributed by atoms with Crippen LogP contribution in [0, 0.1) is 5.92 Å². The van der Waals surface area contributed by atoms with Crippen LogP contribution in [0.1, 0.15) is 57.0 Å². The van der Waals surface area contributed by atoms with Crippen molar-refractivity contribution < 1.29 is 19.1 Å². The van der Waals surface area contributed by atoms with E-state index in [1.165, 1.54) is 0 Å². The molecule has 0 radical (unpaired) electrons. The molecule has 5 heteroatoms. The van der Waals surface area contributed by atoms with Crippen molar-refractivity contribution in [1.29, 1.82) is 0 Å². The fraction of sp³-hybridized carbons (Fsp3) is 0.556. The first-order chi connectivity index (χ1) is 10.7. The number of hydrogen-bond donors (Lipinski definition) is 1. The number of carbonyl (C=O) groups is 2. The minimum atomic E-state index is -0.521. The van der Waals surface area contributed by atoms with Crippen molar-refractivity contribution in [3.05, 3.63) is 35.4 Å². The molecule has 128 valence electrons. The molecule has 1 aromatic rings. The van der Waals surface area contributed by atoms with Crippen LogP contribution in [0.2, 0.25) is 0 Å². The van der Waals surface area contributed by atoms with Gasteiger partial charge in [-0.25, -0.2) is 9.59 Å². The van der Waals surface area contributed by atoms with Crippen molar-refractivity contribution >= 4 is 12.1 Å². The Balaban J connectivity index is 2.47. The van der Waals surface area contributed by atoms with Crippen LogP contribution in [0.4, 0.5) is 4.79 Å². The minimum Gasteiger partial charge on any atom is -0.462 e. The highest BCUT2D eigenvalue weighted by molar-refractivity contribution is 5.89. The quantitative estimate of drug-likeness (QED) is 0.807. The molecule has 0 aliphatic rings. The minimum absolute atomic E-state index is 0.322. The van der Waals surface area contributed by atoms with E-state index < -0.39 is 11.7 Å². The third-order valence-corrected chi connectivity index (χ3v) is 3.22. The highest BCUT2D eigenvalue weighted by Crippen LogP contribution is 2.09. The summed E-state index contributed by atoms with van der Waals surface area (Å²) in [5, 5.41) is 2.67. The predicted octanol–water partition coefficient (Wildman–Crippen LogP) is 3.91. The van der Waals surface area contributed by atoms with Gasteiger partial charge in [0.2, 0.25) is 0 Å².